The summed E-state index contributed by atoms with van der Waals surface area (Å²) in [7, 11) is 2.18. The van der Waals surface area contributed by atoms with Crippen LogP contribution in [0.2, 0.25) is 0 Å². The first kappa shape index (κ1) is 12.0. The average Bonchev–Trinajstić information content (AvgIpc) is 2.51. The van der Waals surface area contributed by atoms with E-state index >= 15 is 0 Å². The molecule has 1 atom stereocenters. The van der Waals surface area contributed by atoms with E-state index in [1.54, 1.807) is 0 Å². The second-order valence-corrected chi connectivity index (χ2v) is 5.37. The zero-order valence-electron chi connectivity index (χ0n) is 9.71. The molecule has 1 aliphatic rings. The van der Waals surface area contributed by atoms with E-state index in [0.717, 1.165) is 19.0 Å². The van der Waals surface area contributed by atoms with Crippen molar-refractivity contribution in [1.82, 2.24) is 10.2 Å². The Hall–Kier alpha value is -0.120. The summed E-state index contributed by atoms with van der Waals surface area (Å²) in [4.78, 5) is 2.38. The van der Waals surface area contributed by atoms with E-state index < -0.39 is 0 Å². The van der Waals surface area contributed by atoms with E-state index in [2.05, 4.69) is 31.1 Å². The number of aliphatic hydroxyl groups excluding tert-OH is 1. The van der Waals surface area contributed by atoms with Crippen LogP contribution in [0.4, 0.5) is 0 Å². The van der Waals surface area contributed by atoms with E-state index in [1.807, 2.05) is 0 Å². The highest BCUT2D eigenvalue weighted by Gasteiger charge is 2.20. The zero-order valence-corrected chi connectivity index (χ0v) is 9.71. The summed E-state index contributed by atoms with van der Waals surface area (Å²) in [5.74, 6) is 0.800. The Kier molecular flexibility index (Phi) is 4.35. The molecule has 1 heterocycles. The van der Waals surface area contributed by atoms with Crippen LogP contribution in [0.5, 0.6) is 0 Å². The van der Waals surface area contributed by atoms with Crippen molar-refractivity contribution in [2.45, 2.75) is 20.3 Å². The second kappa shape index (κ2) is 5.10. The third-order valence-electron chi connectivity index (χ3n) is 2.95. The van der Waals surface area contributed by atoms with E-state index in [0.29, 0.717) is 0 Å². The smallest absolute Gasteiger partial charge is 0.0494 e. The number of hydrogen-bond acceptors (Lipinski definition) is 3. The van der Waals surface area contributed by atoms with Crippen molar-refractivity contribution in [3.8, 4) is 0 Å². The maximum Gasteiger partial charge on any atom is 0.0494 e. The molecule has 0 saturated carbocycles. The van der Waals surface area contributed by atoms with Gasteiger partial charge in [-0.2, -0.15) is 0 Å². The minimum atomic E-state index is 0.0184. The number of likely N-dealkylation sites (tertiary alicyclic amines) is 1. The van der Waals surface area contributed by atoms with Crippen LogP contribution >= 0.6 is 0 Å². The highest BCUT2D eigenvalue weighted by molar-refractivity contribution is 4.77. The lowest BCUT2D eigenvalue weighted by molar-refractivity contribution is 0.155. The Balaban J connectivity index is 2.10. The lowest BCUT2D eigenvalue weighted by Gasteiger charge is -2.23. The highest BCUT2D eigenvalue weighted by Crippen LogP contribution is 2.15. The number of nitrogens with one attached hydrogen (secondary N) is 1. The van der Waals surface area contributed by atoms with Crippen LogP contribution in [0.3, 0.4) is 0 Å². The Morgan fingerprint density at radius 3 is 2.71 bits per heavy atom. The molecule has 84 valence electrons. The molecule has 0 aromatic carbocycles. The zero-order chi connectivity index (χ0) is 10.6. The van der Waals surface area contributed by atoms with Crippen LogP contribution in [0.1, 0.15) is 20.3 Å². The molecule has 0 radical (unpaired) electrons. The molecular formula is C11H24N2O. The summed E-state index contributed by atoms with van der Waals surface area (Å²) in [6, 6.07) is 0. The van der Waals surface area contributed by atoms with Crippen LogP contribution in [-0.4, -0.2) is 49.8 Å². The minimum Gasteiger partial charge on any atom is -0.396 e. The molecule has 0 aromatic heterocycles. The molecular weight excluding hydrogens is 176 g/mol. The quantitative estimate of drug-likeness (QED) is 0.680. The van der Waals surface area contributed by atoms with Gasteiger partial charge < -0.3 is 15.3 Å². The van der Waals surface area contributed by atoms with Crippen LogP contribution in [0.25, 0.3) is 0 Å². The number of rotatable bonds is 5. The molecule has 3 nitrogen and oxygen atoms in total. The van der Waals surface area contributed by atoms with Crippen molar-refractivity contribution in [2.24, 2.45) is 11.3 Å². The van der Waals surface area contributed by atoms with Crippen LogP contribution in [-0.2, 0) is 0 Å². The first-order valence-corrected chi connectivity index (χ1v) is 5.53. The summed E-state index contributed by atoms with van der Waals surface area (Å²) >= 11 is 0. The fourth-order valence-electron chi connectivity index (χ4n) is 1.86. The summed E-state index contributed by atoms with van der Waals surface area (Å²) in [5.41, 5.74) is 0.0184. The van der Waals surface area contributed by atoms with Gasteiger partial charge in [0.1, 0.15) is 0 Å². The summed E-state index contributed by atoms with van der Waals surface area (Å²) in [6.45, 7) is 8.87. The molecule has 2 N–H and O–H groups in total. The van der Waals surface area contributed by atoms with Gasteiger partial charge in [-0.3, -0.25) is 0 Å². The Morgan fingerprint density at radius 1 is 1.50 bits per heavy atom. The fraction of sp³-hybridized carbons (Fsp3) is 1.00. The molecule has 0 spiro atoms. The van der Waals surface area contributed by atoms with Crippen molar-refractivity contribution in [1.29, 1.82) is 0 Å². The molecule has 1 unspecified atom stereocenters. The van der Waals surface area contributed by atoms with Crippen molar-refractivity contribution in [3.63, 3.8) is 0 Å². The predicted molar refractivity (Wildman–Crippen MR) is 59.3 cm³/mol. The van der Waals surface area contributed by atoms with Crippen LogP contribution in [0, 0.1) is 11.3 Å². The average molecular weight is 200 g/mol. The van der Waals surface area contributed by atoms with Gasteiger partial charge in [0.2, 0.25) is 0 Å². The number of nitrogens with zero attached hydrogens (tertiary/aromatic N) is 1. The second-order valence-electron chi connectivity index (χ2n) is 5.37. The van der Waals surface area contributed by atoms with E-state index in [9.17, 15) is 0 Å². The van der Waals surface area contributed by atoms with Gasteiger partial charge >= 0.3 is 0 Å². The van der Waals surface area contributed by atoms with Gasteiger partial charge in [-0.1, -0.05) is 13.8 Å². The van der Waals surface area contributed by atoms with Gasteiger partial charge in [-0.15, -0.1) is 0 Å². The van der Waals surface area contributed by atoms with Crippen molar-refractivity contribution < 1.29 is 5.11 Å². The van der Waals surface area contributed by atoms with Gasteiger partial charge in [0.15, 0.2) is 0 Å². The monoisotopic (exact) mass is 200 g/mol. The molecule has 0 aromatic rings. The third kappa shape index (κ3) is 3.95. The molecule has 0 aliphatic carbocycles. The lowest BCUT2D eigenvalue weighted by Crippen LogP contribution is -2.35. The largest absolute Gasteiger partial charge is 0.396 e. The number of aliphatic hydroxyl groups is 1. The molecule has 14 heavy (non-hydrogen) atoms. The molecule has 3 heteroatoms. The van der Waals surface area contributed by atoms with Gasteiger partial charge in [0, 0.05) is 25.1 Å². The first-order valence-electron chi connectivity index (χ1n) is 5.53. The van der Waals surface area contributed by atoms with Crippen LogP contribution < -0.4 is 5.32 Å². The summed E-state index contributed by atoms with van der Waals surface area (Å²) in [6.07, 6.45) is 1.31. The van der Waals surface area contributed by atoms with Gasteiger partial charge in [0.05, 0.1) is 0 Å². The topological polar surface area (TPSA) is 35.5 Å². The van der Waals surface area contributed by atoms with Gasteiger partial charge in [-0.05, 0) is 32.5 Å². The van der Waals surface area contributed by atoms with Crippen LogP contribution in [0.15, 0.2) is 0 Å². The molecule has 1 aliphatic heterocycles. The SMILES string of the molecule is CN1CCC(CNCC(C)(C)CO)C1. The first-order chi connectivity index (χ1) is 6.53. The minimum absolute atomic E-state index is 0.0184. The summed E-state index contributed by atoms with van der Waals surface area (Å²) in [5, 5.41) is 12.5. The van der Waals surface area contributed by atoms with E-state index in [1.165, 1.54) is 19.5 Å². The van der Waals surface area contributed by atoms with Crippen molar-refractivity contribution >= 4 is 0 Å². The Bertz CT molecular complexity index is 171. The third-order valence-corrected chi connectivity index (χ3v) is 2.95. The standard InChI is InChI=1S/C11H24N2O/c1-11(2,9-14)8-12-6-10-4-5-13(3)7-10/h10,12,14H,4-9H2,1-3H3. The number of hydrogen-bond donors (Lipinski definition) is 2. The normalized spacial score (nSPS) is 24.4. The fourth-order valence-corrected chi connectivity index (χ4v) is 1.86. The molecule has 1 saturated heterocycles. The van der Waals surface area contributed by atoms with Crippen molar-refractivity contribution in [2.75, 3.05) is 39.8 Å². The lowest BCUT2D eigenvalue weighted by atomic mass is 9.95. The molecule has 0 amide bonds. The predicted octanol–water partition coefficient (Wildman–Crippen LogP) is 0.546. The maximum absolute atomic E-state index is 9.08. The highest BCUT2D eigenvalue weighted by atomic mass is 16.3. The molecule has 1 fully saturated rings. The maximum atomic E-state index is 9.08. The van der Waals surface area contributed by atoms with E-state index in [4.69, 9.17) is 5.11 Å². The van der Waals surface area contributed by atoms with E-state index in [-0.39, 0.29) is 12.0 Å². The van der Waals surface area contributed by atoms with Gasteiger partial charge in [-0.25, -0.2) is 0 Å². The summed E-state index contributed by atoms with van der Waals surface area (Å²) < 4.78 is 0. The molecule has 0 bridgehead atoms. The van der Waals surface area contributed by atoms with Crippen molar-refractivity contribution in [3.05, 3.63) is 0 Å². The van der Waals surface area contributed by atoms with Gasteiger partial charge in [0.25, 0.3) is 0 Å². The Morgan fingerprint density at radius 2 is 2.21 bits per heavy atom. The Labute approximate surface area is 87.5 Å². The molecule has 1 rings (SSSR count).